The molecule has 0 radical (unpaired) electrons. The molecule has 2 aromatic carbocycles. The van der Waals surface area contributed by atoms with Crippen molar-refractivity contribution >= 4 is 51.1 Å². The minimum Gasteiger partial charge on any atom is -0.380 e. The second kappa shape index (κ2) is 9.04. The maximum atomic E-state index is 13.4. The van der Waals surface area contributed by atoms with Gasteiger partial charge in [-0.05, 0) is 85.3 Å². The first-order chi connectivity index (χ1) is 17.5. The number of pyridine rings is 1. The zero-order valence-electron chi connectivity index (χ0n) is 20.0. The third-order valence-electron chi connectivity index (χ3n) is 7.35. The topological polar surface area (TPSA) is 95.2 Å². The van der Waals surface area contributed by atoms with Crippen LogP contribution in [0.15, 0.2) is 60.1 Å². The van der Waals surface area contributed by atoms with Crippen molar-refractivity contribution in [1.29, 1.82) is 0 Å². The Morgan fingerprint density at radius 2 is 1.94 bits per heavy atom. The first-order valence-electron chi connectivity index (χ1n) is 12.2. The van der Waals surface area contributed by atoms with Gasteiger partial charge in [0.15, 0.2) is 0 Å². The Balaban J connectivity index is 1.23. The highest BCUT2D eigenvalue weighted by Gasteiger charge is 2.47. The maximum Gasteiger partial charge on any atom is 0.267 e. The number of hydrogen-bond acceptors (Lipinski definition) is 6. The highest BCUT2D eigenvalue weighted by Crippen LogP contribution is 2.45. The quantitative estimate of drug-likeness (QED) is 0.310. The van der Waals surface area contributed by atoms with Crippen LogP contribution in [0.2, 0.25) is 0 Å². The average Bonchev–Trinajstić information content (AvgIpc) is 3.46. The highest BCUT2D eigenvalue weighted by atomic mass is 32.1. The first-order valence-corrected chi connectivity index (χ1v) is 13.1. The number of hydrogen-bond donors (Lipinski definition) is 4. The number of piperidine rings is 1. The molecular formula is C28H27N5O2S. The third-order valence-corrected chi connectivity index (χ3v) is 8.26. The predicted octanol–water partition coefficient (Wildman–Crippen LogP) is 5.04. The second-order valence-electron chi connectivity index (χ2n) is 9.46. The molecule has 0 unspecified atom stereocenters. The van der Waals surface area contributed by atoms with Crippen LogP contribution in [0.25, 0.3) is 10.9 Å². The van der Waals surface area contributed by atoms with Crippen LogP contribution >= 0.6 is 11.3 Å². The molecule has 2 aromatic heterocycles. The first kappa shape index (κ1) is 22.7. The zero-order valence-corrected chi connectivity index (χ0v) is 20.8. The van der Waals surface area contributed by atoms with E-state index in [1.807, 2.05) is 61.0 Å². The van der Waals surface area contributed by atoms with Crippen LogP contribution in [0.4, 0.5) is 17.1 Å². The molecule has 4 N–H and O–H groups in total. The Bertz CT molecular complexity index is 1480. The molecule has 4 aromatic rings. The zero-order chi connectivity index (χ0) is 24.7. The van der Waals surface area contributed by atoms with E-state index in [9.17, 15) is 9.59 Å². The number of aryl methyl sites for hydroxylation is 1. The van der Waals surface area contributed by atoms with Crippen molar-refractivity contribution in [2.24, 2.45) is 0 Å². The van der Waals surface area contributed by atoms with E-state index in [-0.39, 0.29) is 11.8 Å². The van der Waals surface area contributed by atoms with Crippen molar-refractivity contribution in [3.8, 4) is 0 Å². The van der Waals surface area contributed by atoms with E-state index in [2.05, 4.69) is 32.3 Å². The fourth-order valence-electron chi connectivity index (χ4n) is 5.36. The summed E-state index contributed by atoms with van der Waals surface area (Å²) in [4.78, 5) is 31.3. The van der Waals surface area contributed by atoms with Crippen molar-refractivity contribution < 1.29 is 9.59 Å². The number of carbonyl (C=O) groups is 2. The van der Waals surface area contributed by atoms with Gasteiger partial charge >= 0.3 is 0 Å². The third kappa shape index (κ3) is 3.83. The molecule has 182 valence electrons. The van der Waals surface area contributed by atoms with Crippen molar-refractivity contribution in [2.45, 2.75) is 31.7 Å². The molecule has 6 rings (SSSR count). The highest BCUT2D eigenvalue weighted by molar-refractivity contribution is 7.12. The lowest BCUT2D eigenvalue weighted by molar-refractivity contribution is -0.121. The van der Waals surface area contributed by atoms with Crippen LogP contribution in [-0.2, 0) is 16.8 Å². The van der Waals surface area contributed by atoms with Crippen molar-refractivity contribution in [3.63, 3.8) is 0 Å². The van der Waals surface area contributed by atoms with Crippen LogP contribution in [0.3, 0.4) is 0 Å². The van der Waals surface area contributed by atoms with E-state index >= 15 is 0 Å². The molecule has 1 spiro atoms. The molecule has 2 amide bonds. The largest absolute Gasteiger partial charge is 0.380 e. The number of thiophene rings is 1. The molecule has 2 aliphatic heterocycles. The Labute approximate surface area is 213 Å². The fraction of sp³-hybridized carbons (Fsp3) is 0.250. The van der Waals surface area contributed by atoms with Crippen molar-refractivity contribution in [2.75, 3.05) is 29.0 Å². The second-order valence-corrected chi connectivity index (χ2v) is 10.4. The Hall–Kier alpha value is -3.75. The van der Waals surface area contributed by atoms with Crippen molar-refractivity contribution in [3.05, 3.63) is 81.7 Å². The minimum atomic E-state index is -0.517. The number of aromatic nitrogens is 1. The summed E-state index contributed by atoms with van der Waals surface area (Å²) in [6.07, 6.45) is 3.32. The molecule has 1 saturated heterocycles. The molecule has 7 nitrogen and oxygen atoms in total. The number of fused-ring (bicyclic) bond motifs is 3. The van der Waals surface area contributed by atoms with Crippen molar-refractivity contribution in [1.82, 2.24) is 10.3 Å². The lowest BCUT2D eigenvalue weighted by atomic mass is 9.74. The predicted molar refractivity (Wildman–Crippen MR) is 145 cm³/mol. The van der Waals surface area contributed by atoms with Gasteiger partial charge < -0.3 is 21.3 Å². The van der Waals surface area contributed by atoms with E-state index < -0.39 is 5.41 Å². The van der Waals surface area contributed by atoms with Crippen LogP contribution in [0.5, 0.6) is 0 Å². The Kier molecular flexibility index (Phi) is 5.70. The van der Waals surface area contributed by atoms with Crippen LogP contribution in [0.1, 0.15) is 39.2 Å². The van der Waals surface area contributed by atoms with Crippen LogP contribution in [-0.4, -0.2) is 29.9 Å². The molecule has 8 heteroatoms. The number of benzene rings is 2. The molecule has 4 heterocycles. The Morgan fingerprint density at radius 3 is 2.81 bits per heavy atom. The number of rotatable bonds is 5. The van der Waals surface area contributed by atoms with Gasteiger partial charge in [-0.25, -0.2) is 0 Å². The average molecular weight is 498 g/mol. The van der Waals surface area contributed by atoms with Gasteiger partial charge in [-0.15, -0.1) is 11.3 Å². The normalized spacial score (nSPS) is 16.1. The SMILES string of the molecule is Cc1cc2c(cc1NC(=O)c1sccc1NCc1ccnc3ccccc13)C1(CCNCC1)C(=O)N2. The van der Waals surface area contributed by atoms with Gasteiger partial charge in [0.25, 0.3) is 5.91 Å². The van der Waals surface area contributed by atoms with Gasteiger partial charge in [-0.2, -0.15) is 0 Å². The molecule has 36 heavy (non-hydrogen) atoms. The standard InChI is InChI=1S/C28H27N5O2S/c1-17-14-24-20(28(27(35)33-24)8-11-29-12-9-28)15-23(17)32-26(34)25-22(7-13-36-25)31-16-18-6-10-30-21-5-3-2-4-19(18)21/h2-7,10,13-15,29,31H,8-9,11-12,16H2,1H3,(H,32,34)(H,33,35). The summed E-state index contributed by atoms with van der Waals surface area (Å²) < 4.78 is 0. The number of amides is 2. The summed E-state index contributed by atoms with van der Waals surface area (Å²) in [5.74, 6) is -0.0953. The summed E-state index contributed by atoms with van der Waals surface area (Å²) in [7, 11) is 0. The summed E-state index contributed by atoms with van der Waals surface area (Å²) in [5.41, 5.74) is 5.86. The van der Waals surface area contributed by atoms with Gasteiger partial charge in [0.05, 0.1) is 16.6 Å². The molecular weight excluding hydrogens is 470 g/mol. The Morgan fingerprint density at radius 1 is 1.11 bits per heavy atom. The lowest BCUT2D eigenvalue weighted by Gasteiger charge is -2.32. The van der Waals surface area contributed by atoms with Gasteiger partial charge in [0.1, 0.15) is 4.88 Å². The monoisotopic (exact) mass is 497 g/mol. The number of nitrogens with zero attached hydrogens (tertiary/aromatic N) is 1. The van der Waals surface area contributed by atoms with Gasteiger partial charge in [0, 0.05) is 29.5 Å². The molecule has 0 bridgehead atoms. The van der Waals surface area contributed by atoms with Crippen LogP contribution < -0.4 is 21.3 Å². The van der Waals surface area contributed by atoms with Gasteiger partial charge in [0.2, 0.25) is 5.91 Å². The summed E-state index contributed by atoms with van der Waals surface area (Å²) in [5, 5.41) is 16.0. The molecule has 2 aliphatic rings. The molecule has 0 atom stereocenters. The fourth-order valence-corrected chi connectivity index (χ4v) is 6.12. The number of carbonyl (C=O) groups excluding carboxylic acids is 2. The number of para-hydroxylation sites is 1. The number of anilines is 3. The summed E-state index contributed by atoms with van der Waals surface area (Å²) >= 11 is 1.41. The lowest BCUT2D eigenvalue weighted by Crippen LogP contribution is -2.44. The summed E-state index contributed by atoms with van der Waals surface area (Å²) in [6, 6.07) is 16.0. The smallest absolute Gasteiger partial charge is 0.267 e. The molecule has 0 saturated carbocycles. The van der Waals surface area contributed by atoms with E-state index in [0.29, 0.717) is 11.4 Å². The van der Waals surface area contributed by atoms with E-state index in [1.165, 1.54) is 11.3 Å². The molecule has 1 fully saturated rings. The van der Waals surface area contributed by atoms with Gasteiger partial charge in [-0.1, -0.05) is 18.2 Å². The van der Waals surface area contributed by atoms with E-state index in [0.717, 1.165) is 70.6 Å². The molecule has 0 aliphatic carbocycles. The maximum absolute atomic E-state index is 13.4. The van der Waals surface area contributed by atoms with Gasteiger partial charge in [-0.3, -0.25) is 14.6 Å². The van der Waals surface area contributed by atoms with E-state index in [1.54, 1.807) is 0 Å². The van der Waals surface area contributed by atoms with Crippen LogP contribution in [0, 0.1) is 6.92 Å². The summed E-state index contributed by atoms with van der Waals surface area (Å²) in [6.45, 7) is 4.15. The number of nitrogens with one attached hydrogen (secondary N) is 4. The van der Waals surface area contributed by atoms with E-state index in [4.69, 9.17) is 0 Å². The minimum absolute atomic E-state index is 0.0651.